The Balaban J connectivity index is 1.96. The Morgan fingerprint density at radius 3 is 2.56 bits per heavy atom. The second-order valence-electron chi connectivity index (χ2n) is 5.57. The van der Waals surface area contributed by atoms with Gasteiger partial charge in [-0.05, 0) is 54.9 Å². The monoisotopic (exact) mass is 314 g/mol. The van der Waals surface area contributed by atoms with Crippen molar-refractivity contribution in [1.29, 1.82) is 0 Å². The first-order valence-electron chi connectivity index (χ1n) is 6.67. The van der Waals surface area contributed by atoms with E-state index in [4.69, 9.17) is 0 Å². The summed E-state index contributed by atoms with van der Waals surface area (Å²) in [5, 5.41) is 10.3. The molecule has 1 aliphatic carbocycles. The highest BCUT2D eigenvalue weighted by atomic mass is 79.9. The number of benzene rings is 1. The molecule has 3 heteroatoms. The summed E-state index contributed by atoms with van der Waals surface area (Å²) in [6.45, 7) is 2.27. The quantitative estimate of drug-likeness (QED) is 0.881. The molecule has 0 aliphatic heterocycles. The van der Waals surface area contributed by atoms with Crippen molar-refractivity contribution in [1.82, 2.24) is 0 Å². The van der Waals surface area contributed by atoms with Crippen LogP contribution in [0.5, 0.6) is 0 Å². The molecular formula is C15H20BrFO. The summed E-state index contributed by atoms with van der Waals surface area (Å²) < 4.78 is 14.0. The molecule has 1 N–H and O–H groups in total. The topological polar surface area (TPSA) is 20.2 Å². The molecule has 1 aromatic rings. The van der Waals surface area contributed by atoms with Gasteiger partial charge < -0.3 is 5.11 Å². The molecule has 1 fully saturated rings. The van der Waals surface area contributed by atoms with Gasteiger partial charge in [-0.3, -0.25) is 0 Å². The van der Waals surface area contributed by atoms with Crippen molar-refractivity contribution < 1.29 is 9.50 Å². The van der Waals surface area contributed by atoms with E-state index in [1.54, 1.807) is 0 Å². The first-order chi connectivity index (χ1) is 8.54. The number of hydrogen-bond donors (Lipinski definition) is 1. The minimum atomic E-state index is -0.341. The smallest absolute Gasteiger partial charge is 0.124 e. The fraction of sp³-hybridized carbons (Fsp3) is 0.600. The van der Waals surface area contributed by atoms with Crippen LogP contribution >= 0.6 is 15.9 Å². The molecule has 1 aromatic carbocycles. The van der Waals surface area contributed by atoms with Gasteiger partial charge in [0.05, 0.1) is 6.10 Å². The van der Waals surface area contributed by atoms with Gasteiger partial charge >= 0.3 is 0 Å². The summed E-state index contributed by atoms with van der Waals surface area (Å²) in [5.41, 5.74) is 0.869. The number of rotatable bonds is 3. The summed E-state index contributed by atoms with van der Waals surface area (Å²) in [6, 6.07) is 4.84. The highest BCUT2D eigenvalue weighted by molar-refractivity contribution is 9.10. The second-order valence-corrected chi connectivity index (χ2v) is 6.48. The molecule has 1 nitrogen and oxygen atoms in total. The predicted molar refractivity (Wildman–Crippen MR) is 74.9 cm³/mol. The molecule has 1 saturated carbocycles. The molecule has 1 aliphatic rings. The van der Waals surface area contributed by atoms with Crippen molar-refractivity contribution in [2.24, 2.45) is 11.8 Å². The predicted octanol–water partition coefficient (Wildman–Crippen LogP) is 4.32. The Morgan fingerprint density at radius 2 is 1.94 bits per heavy atom. The summed E-state index contributed by atoms with van der Waals surface area (Å²) >= 11 is 3.29. The summed E-state index contributed by atoms with van der Waals surface area (Å²) in [6.07, 6.45) is 4.81. The van der Waals surface area contributed by atoms with E-state index in [1.165, 1.54) is 25.0 Å². The average molecular weight is 315 g/mol. The second kappa shape index (κ2) is 6.16. The van der Waals surface area contributed by atoms with Crippen LogP contribution in [0.1, 0.15) is 38.2 Å². The van der Waals surface area contributed by atoms with Crippen LogP contribution in [0.2, 0.25) is 0 Å². The highest BCUT2D eigenvalue weighted by Gasteiger charge is 2.24. The van der Waals surface area contributed by atoms with Gasteiger partial charge in [0.25, 0.3) is 0 Å². The molecule has 0 radical (unpaired) electrons. The van der Waals surface area contributed by atoms with E-state index in [0.717, 1.165) is 28.8 Å². The van der Waals surface area contributed by atoms with E-state index in [-0.39, 0.29) is 11.9 Å². The maximum atomic E-state index is 13.3. The Bertz CT molecular complexity index is 379. The first-order valence-corrected chi connectivity index (χ1v) is 7.47. The van der Waals surface area contributed by atoms with Crippen LogP contribution in [-0.2, 0) is 6.42 Å². The van der Waals surface area contributed by atoms with E-state index in [0.29, 0.717) is 12.3 Å². The zero-order valence-electron chi connectivity index (χ0n) is 10.7. The van der Waals surface area contributed by atoms with Gasteiger partial charge in [-0.15, -0.1) is 0 Å². The van der Waals surface area contributed by atoms with Gasteiger partial charge in [0.1, 0.15) is 5.82 Å². The molecule has 1 unspecified atom stereocenters. The van der Waals surface area contributed by atoms with Crippen molar-refractivity contribution in [2.45, 2.75) is 45.1 Å². The Morgan fingerprint density at radius 1 is 1.28 bits per heavy atom. The van der Waals surface area contributed by atoms with Crippen molar-refractivity contribution in [2.75, 3.05) is 0 Å². The lowest BCUT2D eigenvalue weighted by Gasteiger charge is -2.30. The summed E-state index contributed by atoms with van der Waals surface area (Å²) in [5.74, 6) is 0.920. The number of hydrogen-bond acceptors (Lipinski definition) is 1. The maximum Gasteiger partial charge on any atom is 0.124 e. The van der Waals surface area contributed by atoms with E-state index in [9.17, 15) is 9.50 Å². The number of aliphatic hydroxyl groups excluding tert-OH is 1. The van der Waals surface area contributed by atoms with E-state index < -0.39 is 0 Å². The van der Waals surface area contributed by atoms with E-state index >= 15 is 0 Å². The van der Waals surface area contributed by atoms with Gasteiger partial charge in [-0.2, -0.15) is 0 Å². The van der Waals surface area contributed by atoms with Crippen LogP contribution in [0.3, 0.4) is 0 Å². The van der Waals surface area contributed by atoms with Crippen LogP contribution in [0.25, 0.3) is 0 Å². The third kappa shape index (κ3) is 3.79. The van der Waals surface area contributed by atoms with E-state index in [1.807, 2.05) is 6.07 Å². The average Bonchev–Trinajstić information content (AvgIpc) is 2.28. The van der Waals surface area contributed by atoms with Crippen LogP contribution in [0.15, 0.2) is 22.7 Å². The van der Waals surface area contributed by atoms with Crippen molar-refractivity contribution in [3.63, 3.8) is 0 Å². The lowest BCUT2D eigenvalue weighted by atomic mass is 9.79. The van der Waals surface area contributed by atoms with Crippen LogP contribution in [0, 0.1) is 17.7 Å². The minimum absolute atomic E-state index is 0.246. The van der Waals surface area contributed by atoms with Crippen LogP contribution in [-0.4, -0.2) is 11.2 Å². The summed E-state index contributed by atoms with van der Waals surface area (Å²) in [4.78, 5) is 0. The van der Waals surface area contributed by atoms with Gasteiger partial charge in [-0.1, -0.05) is 35.7 Å². The highest BCUT2D eigenvalue weighted by Crippen LogP contribution is 2.31. The molecule has 0 aromatic heterocycles. The van der Waals surface area contributed by atoms with Crippen molar-refractivity contribution >= 4 is 15.9 Å². The summed E-state index contributed by atoms with van der Waals surface area (Å²) in [7, 11) is 0. The van der Waals surface area contributed by atoms with Crippen molar-refractivity contribution in [3.05, 3.63) is 34.1 Å². The number of halogens is 2. The van der Waals surface area contributed by atoms with Gasteiger partial charge in [-0.25, -0.2) is 4.39 Å². The lowest BCUT2D eigenvalue weighted by molar-refractivity contribution is 0.0760. The first kappa shape index (κ1) is 14.0. The van der Waals surface area contributed by atoms with Gasteiger partial charge in [0, 0.05) is 4.47 Å². The zero-order valence-corrected chi connectivity index (χ0v) is 12.3. The number of aliphatic hydroxyl groups is 1. The molecule has 0 saturated heterocycles. The van der Waals surface area contributed by atoms with Gasteiger partial charge in [0.2, 0.25) is 0 Å². The molecule has 0 bridgehead atoms. The fourth-order valence-electron chi connectivity index (χ4n) is 2.81. The zero-order chi connectivity index (χ0) is 13.1. The van der Waals surface area contributed by atoms with E-state index in [2.05, 4.69) is 22.9 Å². The molecule has 0 amide bonds. The van der Waals surface area contributed by atoms with Crippen LogP contribution < -0.4 is 0 Å². The Hall–Kier alpha value is -0.410. The van der Waals surface area contributed by atoms with Crippen molar-refractivity contribution in [3.8, 4) is 0 Å². The largest absolute Gasteiger partial charge is 0.392 e. The molecular weight excluding hydrogens is 295 g/mol. The maximum absolute atomic E-state index is 13.3. The molecule has 2 rings (SSSR count). The van der Waals surface area contributed by atoms with Crippen LogP contribution in [0.4, 0.5) is 4.39 Å². The minimum Gasteiger partial charge on any atom is -0.392 e. The lowest BCUT2D eigenvalue weighted by Crippen LogP contribution is -2.26. The fourth-order valence-corrected chi connectivity index (χ4v) is 3.32. The molecule has 18 heavy (non-hydrogen) atoms. The Kier molecular flexibility index (Phi) is 4.79. The SMILES string of the molecule is CC1CCC(C(O)Cc2cc(F)cc(Br)c2)CC1. The van der Waals surface area contributed by atoms with Gasteiger partial charge in [0.15, 0.2) is 0 Å². The molecule has 1 atom stereocenters. The third-order valence-electron chi connectivity index (χ3n) is 3.97. The molecule has 0 heterocycles. The third-order valence-corrected chi connectivity index (χ3v) is 4.43. The molecule has 100 valence electrons. The molecule has 0 spiro atoms. The standard InChI is InChI=1S/C15H20BrFO/c1-10-2-4-12(5-3-10)15(18)8-11-6-13(16)9-14(17)7-11/h6-7,9-10,12,15,18H,2-5,8H2,1H3. The Labute approximate surface area is 117 Å². The normalized spacial score (nSPS) is 26.0.